The van der Waals surface area contributed by atoms with Crippen LogP contribution in [0.5, 0.6) is 11.5 Å². The lowest BCUT2D eigenvalue weighted by atomic mass is 10.1. The van der Waals surface area contributed by atoms with Gasteiger partial charge >= 0.3 is 0 Å². The maximum Gasteiger partial charge on any atom is 0.255 e. The van der Waals surface area contributed by atoms with Crippen LogP contribution in [0, 0.1) is 12.7 Å². The first-order chi connectivity index (χ1) is 10.1. The summed E-state index contributed by atoms with van der Waals surface area (Å²) in [6.45, 7) is 2.90. The van der Waals surface area contributed by atoms with Crippen molar-refractivity contribution in [3.63, 3.8) is 0 Å². The van der Waals surface area contributed by atoms with E-state index in [0.717, 1.165) is 5.56 Å². The lowest BCUT2D eigenvalue weighted by Gasteiger charge is -2.21. The Morgan fingerprint density at radius 2 is 1.86 bits per heavy atom. The topological polar surface area (TPSA) is 47.6 Å². The van der Waals surface area contributed by atoms with E-state index in [4.69, 9.17) is 9.47 Å². The zero-order valence-electron chi connectivity index (χ0n) is 11.5. The van der Waals surface area contributed by atoms with E-state index in [9.17, 15) is 9.18 Å². The number of aryl methyl sites for hydroxylation is 1. The van der Waals surface area contributed by atoms with Crippen LogP contribution in [0.4, 0.5) is 10.1 Å². The van der Waals surface area contributed by atoms with Crippen LogP contribution in [-0.4, -0.2) is 19.1 Å². The zero-order chi connectivity index (χ0) is 14.8. The smallest absolute Gasteiger partial charge is 0.255 e. The van der Waals surface area contributed by atoms with Crippen LogP contribution in [0.3, 0.4) is 0 Å². The highest BCUT2D eigenvalue weighted by molar-refractivity contribution is 6.04. The van der Waals surface area contributed by atoms with Gasteiger partial charge in [-0.2, -0.15) is 0 Å². The highest BCUT2D eigenvalue weighted by atomic mass is 19.1. The molecule has 2 aromatic rings. The van der Waals surface area contributed by atoms with Crippen LogP contribution in [0.15, 0.2) is 36.4 Å². The summed E-state index contributed by atoms with van der Waals surface area (Å²) < 4.78 is 23.9. The van der Waals surface area contributed by atoms with Crippen LogP contribution in [0.1, 0.15) is 15.9 Å². The zero-order valence-corrected chi connectivity index (χ0v) is 11.5. The summed E-state index contributed by atoms with van der Waals surface area (Å²) in [7, 11) is 0. The number of hydrogen-bond donors (Lipinski definition) is 1. The van der Waals surface area contributed by atoms with Gasteiger partial charge in [-0.3, -0.25) is 4.79 Å². The van der Waals surface area contributed by atoms with E-state index in [1.807, 2.05) is 13.0 Å². The molecule has 0 saturated heterocycles. The average molecular weight is 287 g/mol. The fraction of sp³-hybridized carbons (Fsp3) is 0.188. The maximum atomic E-state index is 12.9. The van der Waals surface area contributed by atoms with Crippen molar-refractivity contribution < 1.29 is 18.7 Å². The number of nitrogens with one attached hydrogen (secondary N) is 1. The molecule has 0 unspecified atom stereocenters. The molecular weight excluding hydrogens is 273 g/mol. The SMILES string of the molecule is Cc1cc(NC(=O)c2ccc(F)cc2)cc2c1OCCO2. The second-order valence-corrected chi connectivity index (χ2v) is 4.78. The number of benzene rings is 2. The number of amides is 1. The van der Waals surface area contributed by atoms with Crippen molar-refractivity contribution in [2.24, 2.45) is 0 Å². The Bertz CT molecular complexity index is 683. The minimum atomic E-state index is -0.373. The third-order valence-corrected chi connectivity index (χ3v) is 3.19. The van der Waals surface area contributed by atoms with Gasteiger partial charge in [-0.1, -0.05) is 0 Å². The Labute approximate surface area is 121 Å². The molecule has 0 fully saturated rings. The molecule has 1 amide bonds. The Morgan fingerprint density at radius 1 is 1.14 bits per heavy atom. The maximum absolute atomic E-state index is 12.9. The quantitative estimate of drug-likeness (QED) is 0.923. The fourth-order valence-corrected chi connectivity index (χ4v) is 2.21. The molecule has 0 aliphatic carbocycles. The van der Waals surface area contributed by atoms with E-state index < -0.39 is 0 Å². The van der Waals surface area contributed by atoms with Gasteiger partial charge in [0.25, 0.3) is 5.91 Å². The normalized spacial score (nSPS) is 12.9. The van der Waals surface area contributed by atoms with Gasteiger partial charge in [-0.15, -0.1) is 0 Å². The highest BCUT2D eigenvalue weighted by Crippen LogP contribution is 2.36. The first kappa shape index (κ1) is 13.4. The molecule has 4 nitrogen and oxygen atoms in total. The number of carbonyl (C=O) groups excluding carboxylic acids is 1. The largest absolute Gasteiger partial charge is 0.486 e. The Morgan fingerprint density at radius 3 is 2.62 bits per heavy atom. The summed E-state index contributed by atoms with van der Waals surface area (Å²) in [4.78, 5) is 12.1. The van der Waals surface area contributed by atoms with Crippen molar-refractivity contribution in [2.75, 3.05) is 18.5 Å². The molecule has 1 aliphatic rings. The molecule has 0 bridgehead atoms. The van der Waals surface area contributed by atoms with E-state index in [1.54, 1.807) is 6.07 Å². The highest BCUT2D eigenvalue weighted by Gasteiger charge is 2.16. The van der Waals surface area contributed by atoms with Gasteiger partial charge in [0.15, 0.2) is 11.5 Å². The molecule has 1 N–H and O–H groups in total. The molecule has 2 aromatic carbocycles. The molecule has 5 heteroatoms. The average Bonchev–Trinajstić information content (AvgIpc) is 2.48. The summed E-state index contributed by atoms with van der Waals surface area (Å²) in [5.41, 5.74) is 1.90. The summed E-state index contributed by atoms with van der Waals surface area (Å²) in [6.07, 6.45) is 0. The molecule has 0 atom stereocenters. The number of ether oxygens (including phenoxy) is 2. The Hall–Kier alpha value is -2.56. The summed E-state index contributed by atoms with van der Waals surface area (Å²) in [5, 5.41) is 2.77. The van der Waals surface area contributed by atoms with Crippen molar-refractivity contribution in [1.29, 1.82) is 0 Å². The first-order valence-corrected chi connectivity index (χ1v) is 6.60. The van der Waals surface area contributed by atoms with Gasteiger partial charge in [-0.05, 0) is 42.8 Å². The van der Waals surface area contributed by atoms with Gasteiger partial charge < -0.3 is 14.8 Å². The molecule has 21 heavy (non-hydrogen) atoms. The third-order valence-electron chi connectivity index (χ3n) is 3.19. The van der Waals surface area contributed by atoms with Gasteiger partial charge in [0, 0.05) is 17.3 Å². The number of halogens is 1. The van der Waals surface area contributed by atoms with E-state index in [2.05, 4.69) is 5.32 Å². The van der Waals surface area contributed by atoms with Gasteiger partial charge in [0.1, 0.15) is 19.0 Å². The molecule has 0 radical (unpaired) electrons. The minimum absolute atomic E-state index is 0.300. The predicted molar refractivity (Wildman–Crippen MR) is 76.5 cm³/mol. The van der Waals surface area contributed by atoms with Crippen LogP contribution in [0.2, 0.25) is 0 Å². The molecule has 108 valence electrons. The fourth-order valence-electron chi connectivity index (χ4n) is 2.21. The Kier molecular flexibility index (Phi) is 3.48. The predicted octanol–water partition coefficient (Wildman–Crippen LogP) is 3.16. The lowest BCUT2D eigenvalue weighted by Crippen LogP contribution is -2.17. The van der Waals surface area contributed by atoms with Crippen LogP contribution in [-0.2, 0) is 0 Å². The van der Waals surface area contributed by atoms with Crippen LogP contribution in [0.25, 0.3) is 0 Å². The third kappa shape index (κ3) is 2.81. The standard InChI is InChI=1S/C16H14FNO3/c1-10-8-13(9-14-15(10)21-7-6-20-14)18-16(19)11-2-4-12(17)5-3-11/h2-5,8-9H,6-7H2,1H3,(H,18,19). The van der Waals surface area contributed by atoms with Crippen LogP contribution >= 0.6 is 0 Å². The van der Waals surface area contributed by atoms with Crippen LogP contribution < -0.4 is 14.8 Å². The first-order valence-electron chi connectivity index (χ1n) is 6.60. The van der Waals surface area contributed by atoms with Gasteiger partial charge in [0.05, 0.1) is 0 Å². The molecule has 1 aliphatic heterocycles. The molecule has 0 saturated carbocycles. The van der Waals surface area contributed by atoms with Crippen molar-refractivity contribution in [1.82, 2.24) is 0 Å². The minimum Gasteiger partial charge on any atom is -0.486 e. The van der Waals surface area contributed by atoms with Crippen molar-refractivity contribution in [3.05, 3.63) is 53.3 Å². The molecule has 1 heterocycles. The Balaban J connectivity index is 1.83. The second kappa shape index (κ2) is 5.44. The monoisotopic (exact) mass is 287 g/mol. The van der Waals surface area contributed by atoms with Gasteiger partial charge in [0.2, 0.25) is 0 Å². The number of anilines is 1. The van der Waals surface area contributed by atoms with E-state index in [1.165, 1.54) is 24.3 Å². The number of hydrogen-bond acceptors (Lipinski definition) is 3. The number of carbonyl (C=O) groups is 1. The summed E-state index contributed by atoms with van der Waals surface area (Å²) in [6, 6.07) is 8.93. The van der Waals surface area contributed by atoms with E-state index in [-0.39, 0.29) is 11.7 Å². The molecule has 0 aromatic heterocycles. The van der Waals surface area contributed by atoms with E-state index >= 15 is 0 Å². The lowest BCUT2D eigenvalue weighted by molar-refractivity contribution is 0.102. The summed E-state index contributed by atoms with van der Waals surface area (Å²) >= 11 is 0. The molecule has 3 rings (SSSR count). The number of fused-ring (bicyclic) bond motifs is 1. The summed E-state index contributed by atoms with van der Waals surface area (Å²) in [5.74, 6) is 0.657. The number of rotatable bonds is 2. The van der Waals surface area contributed by atoms with Crippen molar-refractivity contribution >= 4 is 11.6 Å². The van der Waals surface area contributed by atoms with Crippen molar-refractivity contribution in [3.8, 4) is 11.5 Å². The van der Waals surface area contributed by atoms with E-state index in [0.29, 0.717) is 36.0 Å². The molecular formula is C16H14FNO3. The van der Waals surface area contributed by atoms with Gasteiger partial charge in [-0.25, -0.2) is 4.39 Å². The second-order valence-electron chi connectivity index (χ2n) is 4.78. The van der Waals surface area contributed by atoms with Crippen molar-refractivity contribution in [2.45, 2.75) is 6.92 Å². The molecule has 0 spiro atoms.